The molecule has 1 aromatic carbocycles. The summed E-state index contributed by atoms with van der Waals surface area (Å²) in [5, 5.41) is 5.88. The summed E-state index contributed by atoms with van der Waals surface area (Å²) in [6, 6.07) is 8.12. The van der Waals surface area contributed by atoms with E-state index in [9.17, 15) is 4.79 Å². The Morgan fingerprint density at radius 1 is 1.17 bits per heavy atom. The van der Waals surface area contributed by atoms with Crippen molar-refractivity contribution in [2.45, 2.75) is 6.92 Å². The number of aryl methyl sites for hydroxylation is 1. The predicted octanol–water partition coefficient (Wildman–Crippen LogP) is 3.27. The highest BCUT2D eigenvalue weighted by Crippen LogP contribution is 2.15. The highest BCUT2D eigenvalue weighted by molar-refractivity contribution is 6.30. The number of urea groups is 1. The minimum atomic E-state index is -0.417. The Morgan fingerprint density at radius 2 is 2.04 bits per heavy atom. The first-order valence-electron chi connectivity index (χ1n) is 6.78. The maximum absolute atomic E-state index is 12.0. The number of amides is 2. The topological polar surface area (TPSA) is 84.7 Å². The van der Waals surface area contributed by atoms with Gasteiger partial charge in [0, 0.05) is 29.2 Å². The summed E-state index contributed by atoms with van der Waals surface area (Å²) in [6.45, 7) is 1.86. The second-order valence-corrected chi connectivity index (χ2v) is 5.13. The standard InChI is InChI=1S/C15H13ClN6O/c1-10-17-5-6-22(10)14-8-13(18-9-19-14)21-15(23)20-12-4-2-3-11(16)7-12/h2-9H,1H3,(H2,18,19,20,21,23). The summed E-state index contributed by atoms with van der Waals surface area (Å²) >= 11 is 5.88. The van der Waals surface area contributed by atoms with Crippen LogP contribution in [0.1, 0.15) is 5.82 Å². The Kier molecular flexibility index (Phi) is 4.20. The van der Waals surface area contributed by atoms with Crippen molar-refractivity contribution in [3.63, 3.8) is 0 Å². The summed E-state index contributed by atoms with van der Waals surface area (Å²) in [6.07, 6.45) is 4.84. The van der Waals surface area contributed by atoms with Crippen LogP contribution < -0.4 is 10.6 Å². The van der Waals surface area contributed by atoms with Gasteiger partial charge in [-0.25, -0.2) is 19.7 Å². The Morgan fingerprint density at radius 3 is 2.78 bits per heavy atom. The summed E-state index contributed by atoms with van der Waals surface area (Å²) in [5.74, 6) is 1.79. The normalized spacial score (nSPS) is 10.3. The van der Waals surface area contributed by atoms with Crippen molar-refractivity contribution in [3.8, 4) is 5.82 Å². The maximum atomic E-state index is 12.0. The van der Waals surface area contributed by atoms with Gasteiger partial charge < -0.3 is 5.32 Å². The summed E-state index contributed by atoms with van der Waals surface area (Å²) < 4.78 is 1.79. The van der Waals surface area contributed by atoms with Crippen molar-refractivity contribution >= 4 is 29.1 Å². The molecule has 0 unspecified atom stereocenters. The van der Waals surface area contributed by atoms with Crippen molar-refractivity contribution < 1.29 is 4.79 Å². The molecular weight excluding hydrogens is 316 g/mol. The van der Waals surface area contributed by atoms with Gasteiger partial charge in [-0.2, -0.15) is 0 Å². The molecule has 2 heterocycles. The Labute approximate surface area is 137 Å². The van der Waals surface area contributed by atoms with Crippen molar-refractivity contribution in [1.29, 1.82) is 0 Å². The van der Waals surface area contributed by atoms with Crippen LogP contribution in [0.5, 0.6) is 0 Å². The number of anilines is 2. The molecule has 2 N–H and O–H groups in total. The summed E-state index contributed by atoms with van der Waals surface area (Å²) in [5.41, 5.74) is 0.592. The monoisotopic (exact) mass is 328 g/mol. The smallest absolute Gasteiger partial charge is 0.308 e. The van der Waals surface area contributed by atoms with Crippen molar-refractivity contribution in [2.75, 3.05) is 10.6 Å². The number of nitrogens with one attached hydrogen (secondary N) is 2. The molecular formula is C15H13ClN6O. The van der Waals surface area contributed by atoms with Gasteiger partial charge in [-0.05, 0) is 25.1 Å². The molecule has 0 aliphatic carbocycles. The molecule has 0 radical (unpaired) electrons. The molecule has 2 amide bonds. The van der Waals surface area contributed by atoms with Crippen LogP contribution in [0.3, 0.4) is 0 Å². The van der Waals surface area contributed by atoms with Gasteiger partial charge in [-0.3, -0.25) is 9.88 Å². The number of aromatic nitrogens is 4. The largest absolute Gasteiger partial charge is 0.324 e. The Balaban J connectivity index is 1.73. The number of halogens is 1. The first-order valence-corrected chi connectivity index (χ1v) is 7.15. The molecule has 0 aliphatic heterocycles. The molecule has 0 atom stereocenters. The fraction of sp³-hybridized carbons (Fsp3) is 0.0667. The SMILES string of the molecule is Cc1nccn1-c1cc(NC(=O)Nc2cccc(Cl)c2)ncn1. The molecule has 0 saturated carbocycles. The third kappa shape index (κ3) is 3.64. The van der Waals surface area contributed by atoms with E-state index in [4.69, 9.17) is 11.6 Å². The predicted molar refractivity (Wildman–Crippen MR) is 88.0 cm³/mol. The maximum Gasteiger partial charge on any atom is 0.324 e. The molecule has 0 bridgehead atoms. The first-order chi connectivity index (χ1) is 11.1. The molecule has 0 spiro atoms. The minimum Gasteiger partial charge on any atom is -0.308 e. The lowest BCUT2D eigenvalue weighted by Crippen LogP contribution is -2.20. The highest BCUT2D eigenvalue weighted by Gasteiger charge is 2.07. The lowest BCUT2D eigenvalue weighted by molar-refractivity contribution is 0.262. The molecule has 3 aromatic rings. The fourth-order valence-corrected chi connectivity index (χ4v) is 2.20. The number of hydrogen-bond acceptors (Lipinski definition) is 4. The van der Waals surface area contributed by atoms with Crippen LogP contribution in [0.4, 0.5) is 16.3 Å². The van der Waals surface area contributed by atoms with Crippen molar-refractivity contribution in [1.82, 2.24) is 19.5 Å². The van der Waals surface area contributed by atoms with Gasteiger partial charge in [-0.15, -0.1) is 0 Å². The van der Waals surface area contributed by atoms with E-state index in [1.807, 2.05) is 6.92 Å². The Bertz CT molecular complexity index is 847. The average molecular weight is 329 g/mol. The van der Waals surface area contributed by atoms with E-state index >= 15 is 0 Å². The molecule has 2 aromatic heterocycles. The molecule has 3 rings (SSSR count). The first kappa shape index (κ1) is 15.0. The zero-order chi connectivity index (χ0) is 16.2. The quantitative estimate of drug-likeness (QED) is 0.772. The van der Waals surface area contributed by atoms with E-state index in [0.717, 1.165) is 5.82 Å². The van der Waals surface area contributed by atoms with Crippen LogP contribution in [0.2, 0.25) is 5.02 Å². The number of benzene rings is 1. The molecule has 23 heavy (non-hydrogen) atoms. The Hall–Kier alpha value is -2.93. The van der Waals surface area contributed by atoms with Crippen LogP contribution in [0.25, 0.3) is 5.82 Å². The number of carbonyl (C=O) groups is 1. The zero-order valence-electron chi connectivity index (χ0n) is 12.2. The van der Waals surface area contributed by atoms with Crippen LogP contribution in [0.15, 0.2) is 49.1 Å². The summed E-state index contributed by atoms with van der Waals surface area (Å²) in [7, 11) is 0. The number of nitrogens with zero attached hydrogens (tertiary/aromatic N) is 4. The number of hydrogen-bond donors (Lipinski definition) is 2. The molecule has 0 saturated heterocycles. The van der Waals surface area contributed by atoms with Gasteiger partial charge >= 0.3 is 6.03 Å². The van der Waals surface area contributed by atoms with Gasteiger partial charge in [0.25, 0.3) is 0 Å². The number of carbonyl (C=O) groups excluding carboxylic acids is 1. The molecule has 0 fully saturated rings. The van der Waals surface area contributed by atoms with Gasteiger partial charge in [0.1, 0.15) is 23.8 Å². The average Bonchev–Trinajstić information content (AvgIpc) is 2.93. The van der Waals surface area contributed by atoms with Gasteiger partial charge in [0.2, 0.25) is 0 Å². The minimum absolute atomic E-state index is 0.377. The van der Waals surface area contributed by atoms with Gasteiger partial charge in [-0.1, -0.05) is 17.7 Å². The van der Waals surface area contributed by atoms with Crippen molar-refractivity contribution in [3.05, 3.63) is 59.9 Å². The lowest BCUT2D eigenvalue weighted by atomic mass is 10.3. The molecule has 8 heteroatoms. The molecule has 7 nitrogen and oxygen atoms in total. The third-order valence-corrected chi connectivity index (χ3v) is 3.28. The lowest BCUT2D eigenvalue weighted by Gasteiger charge is -2.09. The fourth-order valence-electron chi connectivity index (χ4n) is 2.01. The van der Waals surface area contributed by atoms with Gasteiger partial charge in [0.15, 0.2) is 0 Å². The number of rotatable bonds is 3. The summed E-state index contributed by atoms with van der Waals surface area (Å²) in [4.78, 5) is 24.4. The highest BCUT2D eigenvalue weighted by atomic mass is 35.5. The van der Waals surface area contributed by atoms with E-state index < -0.39 is 6.03 Å². The van der Waals surface area contributed by atoms with E-state index in [-0.39, 0.29) is 0 Å². The van der Waals surface area contributed by atoms with E-state index in [1.54, 1.807) is 47.3 Å². The zero-order valence-corrected chi connectivity index (χ0v) is 12.9. The molecule has 0 aliphatic rings. The number of imidazole rings is 1. The van der Waals surface area contributed by atoms with Crippen LogP contribution in [-0.4, -0.2) is 25.6 Å². The van der Waals surface area contributed by atoms with Gasteiger partial charge in [0.05, 0.1) is 0 Å². The third-order valence-electron chi connectivity index (χ3n) is 3.05. The second kappa shape index (κ2) is 6.45. The second-order valence-electron chi connectivity index (χ2n) is 4.70. The van der Waals surface area contributed by atoms with Crippen molar-refractivity contribution in [2.24, 2.45) is 0 Å². The van der Waals surface area contributed by atoms with E-state index in [1.165, 1.54) is 6.33 Å². The van der Waals surface area contributed by atoms with Crippen LogP contribution in [-0.2, 0) is 0 Å². The van der Waals surface area contributed by atoms with Crippen LogP contribution >= 0.6 is 11.6 Å². The van der Waals surface area contributed by atoms with Crippen LogP contribution in [0, 0.1) is 6.92 Å². The van der Waals surface area contributed by atoms with E-state index in [2.05, 4.69) is 25.6 Å². The molecule has 116 valence electrons. The van der Waals surface area contributed by atoms with E-state index in [0.29, 0.717) is 22.3 Å².